The highest BCUT2D eigenvalue weighted by Crippen LogP contribution is 2.58. The number of hydrogen-bond acceptors (Lipinski definition) is 1. The summed E-state index contributed by atoms with van der Waals surface area (Å²) in [6.45, 7) is 0.445. The first-order valence-electron chi connectivity index (χ1n) is 5.18. The van der Waals surface area contributed by atoms with Crippen LogP contribution in [0.2, 0.25) is 0 Å². The van der Waals surface area contributed by atoms with E-state index >= 15 is 0 Å². The molecule has 0 bridgehead atoms. The number of alkyl halides is 11. The van der Waals surface area contributed by atoms with Crippen molar-refractivity contribution in [1.82, 2.24) is 0 Å². The molecule has 1 unspecified atom stereocenters. The molecule has 0 rings (SSSR count). The Labute approximate surface area is 111 Å². The molecule has 0 saturated carbocycles. The fourth-order valence-corrected chi connectivity index (χ4v) is 1.19. The van der Waals surface area contributed by atoms with Gasteiger partial charge in [-0.15, -0.1) is 0 Å². The van der Waals surface area contributed by atoms with Crippen LogP contribution in [0.1, 0.15) is 13.8 Å². The molecular formula is C9H9F11O. The molecule has 21 heavy (non-hydrogen) atoms. The van der Waals surface area contributed by atoms with E-state index in [1.54, 1.807) is 0 Å². The third-order valence-corrected chi connectivity index (χ3v) is 2.49. The molecular weight excluding hydrogens is 333 g/mol. The SMILES string of the molecule is CCOC(C)C(F)(F)C(F)(F)C(F)(F)C(F)(F)C(F)(F)F. The molecule has 1 nitrogen and oxygen atoms in total. The molecule has 0 spiro atoms. The van der Waals surface area contributed by atoms with Crippen molar-refractivity contribution in [2.24, 2.45) is 0 Å². The number of rotatable bonds is 6. The highest BCUT2D eigenvalue weighted by Gasteiger charge is 2.87. The van der Waals surface area contributed by atoms with Gasteiger partial charge in [0.15, 0.2) is 0 Å². The summed E-state index contributed by atoms with van der Waals surface area (Å²) >= 11 is 0. The zero-order valence-corrected chi connectivity index (χ0v) is 10.4. The van der Waals surface area contributed by atoms with Gasteiger partial charge in [0.2, 0.25) is 0 Å². The molecule has 0 heterocycles. The van der Waals surface area contributed by atoms with Crippen LogP contribution in [-0.4, -0.2) is 42.6 Å². The Balaban J connectivity index is 5.88. The topological polar surface area (TPSA) is 9.23 Å². The number of ether oxygens (including phenoxy) is 1. The standard InChI is InChI=1S/C9H9F11O/c1-3-21-4(2)5(10,11)6(12,13)7(14,15)8(16,17)9(18,19)20/h4H,3H2,1-2H3. The van der Waals surface area contributed by atoms with E-state index in [4.69, 9.17) is 0 Å². The Morgan fingerprint density at radius 1 is 0.714 bits per heavy atom. The van der Waals surface area contributed by atoms with Gasteiger partial charge in [-0.1, -0.05) is 0 Å². The Kier molecular flexibility index (Phi) is 5.22. The van der Waals surface area contributed by atoms with Crippen molar-refractivity contribution >= 4 is 0 Å². The summed E-state index contributed by atoms with van der Waals surface area (Å²) in [4.78, 5) is 0. The lowest BCUT2D eigenvalue weighted by atomic mass is 9.95. The Hall–Kier alpha value is -0.810. The van der Waals surface area contributed by atoms with Crippen molar-refractivity contribution in [3.8, 4) is 0 Å². The Bertz CT molecular complexity index is 359. The maximum absolute atomic E-state index is 13.1. The Morgan fingerprint density at radius 3 is 1.38 bits per heavy atom. The van der Waals surface area contributed by atoms with Crippen molar-refractivity contribution in [3.63, 3.8) is 0 Å². The summed E-state index contributed by atoms with van der Waals surface area (Å²) in [5.74, 6) is -27.7. The second kappa shape index (κ2) is 5.43. The predicted octanol–water partition coefficient (Wildman–Crippen LogP) is 4.51. The minimum absolute atomic E-state index is 0.138. The molecule has 0 fully saturated rings. The average molecular weight is 342 g/mol. The fraction of sp³-hybridized carbons (Fsp3) is 1.00. The largest absolute Gasteiger partial charge is 0.460 e. The van der Waals surface area contributed by atoms with Gasteiger partial charge in [0.25, 0.3) is 0 Å². The van der Waals surface area contributed by atoms with E-state index < -0.39 is 42.6 Å². The van der Waals surface area contributed by atoms with E-state index in [2.05, 4.69) is 4.74 Å². The summed E-state index contributed by atoms with van der Waals surface area (Å²) in [7, 11) is 0. The third-order valence-electron chi connectivity index (χ3n) is 2.49. The maximum Gasteiger partial charge on any atom is 0.460 e. The lowest BCUT2D eigenvalue weighted by molar-refractivity contribution is -0.428. The molecule has 0 aromatic heterocycles. The first-order valence-corrected chi connectivity index (χ1v) is 5.18. The van der Waals surface area contributed by atoms with Crippen molar-refractivity contribution in [2.45, 2.75) is 49.8 Å². The van der Waals surface area contributed by atoms with Gasteiger partial charge >= 0.3 is 29.9 Å². The number of hydrogen-bond donors (Lipinski definition) is 0. The van der Waals surface area contributed by atoms with Crippen LogP contribution in [0.25, 0.3) is 0 Å². The van der Waals surface area contributed by atoms with Crippen LogP contribution >= 0.6 is 0 Å². The van der Waals surface area contributed by atoms with Crippen LogP contribution in [-0.2, 0) is 4.74 Å². The van der Waals surface area contributed by atoms with Gasteiger partial charge in [0.05, 0.1) is 0 Å². The van der Waals surface area contributed by atoms with Gasteiger partial charge in [-0.2, -0.15) is 48.3 Å². The van der Waals surface area contributed by atoms with Crippen LogP contribution in [0.3, 0.4) is 0 Å². The Morgan fingerprint density at radius 2 is 1.10 bits per heavy atom. The average Bonchev–Trinajstić information content (AvgIpc) is 2.26. The van der Waals surface area contributed by atoms with E-state index in [0.717, 1.165) is 6.92 Å². The second-order valence-corrected chi connectivity index (χ2v) is 3.94. The summed E-state index contributed by atoms with van der Waals surface area (Å²) < 4.78 is 142. The molecule has 0 N–H and O–H groups in total. The molecule has 0 aromatic rings. The number of halogens is 11. The lowest BCUT2D eigenvalue weighted by Crippen LogP contribution is -2.68. The minimum atomic E-state index is -7.38. The molecule has 0 aliphatic heterocycles. The minimum Gasteiger partial charge on any atom is -0.372 e. The van der Waals surface area contributed by atoms with Gasteiger partial charge in [0.1, 0.15) is 6.10 Å². The molecule has 0 radical (unpaired) electrons. The fourth-order valence-electron chi connectivity index (χ4n) is 1.19. The molecule has 0 amide bonds. The van der Waals surface area contributed by atoms with Crippen LogP contribution in [0.15, 0.2) is 0 Å². The smallest absolute Gasteiger partial charge is 0.372 e. The van der Waals surface area contributed by atoms with Crippen LogP contribution in [0.4, 0.5) is 48.3 Å². The van der Waals surface area contributed by atoms with Crippen LogP contribution in [0.5, 0.6) is 0 Å². The van der Waals surface area contributed by atoms with Gasteiger partial charge in [-0.05, 0) is 13.8 Å². The quantitative estimate of drug-likeness (QED) is 0.645. The highest BCUT2D eigenvalue weighted by atomic mass is 19.4. The van der Waals surface area contributed by atoms with Crippen molar-refractivity contribution in [1.29, 1.82) is 0 Å². The van der Waals surface area contributed by atoms with Gasteiger partial charge in [-0.25, -0.2) is 0 Å². The van der Waals surface area contributed by atoms with E-state index in [9.17, 15) is 48.3 Å². The maximum atomic E-state index is 13.1. The van der Waals surface area contributed by atoms with Crippen LogP contribution in [0, 0.1) is 0 Å². The first-order chi connectivity index (χ1) is 8.98. The normalized spacial score (nSPS) is 17.0. The molecule has 0 aliphatic rings. The van der Waals surface area contributed by atoms with E-state index in [0.29, 0.717) is 0 Å². The van der Waals surface area contributed by atoms with Gasteiger partial charge in [0, 0.05) is 6.61 Å². The van der Waals surface area contributed by atoms with Crippen molar-refractivity contribution < 1.29 is 53.0 Å². The van der Waals surface area contributed by atoms with E-state index in [-0.39, 0.29) is 6.92 Å². The molecule has 1 atom stereocenters. The third kappa shape index (κ3) is 2.90. The summed E-state index contributed by atoms with van der Waals surface area (Å²) in [5.41, 5.74) is 0. The van der Waals surface area contributed by atoms with Gasteiger partial charge in [-0.3, -0.25) is 0 Å². The predicted molar refractivity (Wildman–Crippen MR) is 46.9 cm³/mol. The van der Waals surface area contributed by atoms with Crippen molar-refractivity contribution in [2.75, 3.05) is 6.61 Å². The molecule has 0 saturated heterocycles. The zero-order chi connectivity index (χ0) is 17.5. The molecule has 0 aliphatic carbocycles. The van der Waals surface area contributed by atoms with E-state index in [1.165, 1.54) is 0 Å². The summed E-state index contributed by atoms with van der Waals surface area (Å²) in [6, 6.07) is 0. The monoisotopic (exact) mass is 342 g/mol. The van der Waals surface area contributed by atoms with E-state index in [1.807, 2.05) is 0 Å². The highest BCUT2D eigenvalue weighted by molar-refractivity contribution is 5.07. The van der Waals surface area contributed by atoms with Crippen LogP contribution < -0.4 is 0 Å². The molecule has 0 aromatic carbocycles. The molecule has 128 valence electrons. The molecule has 12 heteroatoms. The zero-order valence-electron chi connectivity index (χ0n) is 10.4. The summed E-state index contributed by atoms with van der Waals surface area (Å²) in [5, 5.41) is 0. The first kappa shape index (κ1) is 20.2. The van der Waals surface area contributed by atoms with Gasteiger partial charge < -0.3 is 4.74 Å². The summed E-state index contributed by atoms with van der Waals surface area (Å²) in [6.07, 6.45) is -10.2. The van der Waals surface area contributed by atoms with Crippen molar-refractivity contribution in [3.05, 3.63) is 0 Å². The second-order valence-electron chi connectivity index (χ2n) is 3.94. The lowest BCUT2D eigenvalue weighted by Gasteiger charge is -2.39.